The zero-order valence-electron chi connectivity index (χ0n) is 14.9. The van der Waals surface area contributed by atoms with Crippen LogP contribution in [-0.4, -0.2) is 48.2 Å². The molecule has 142 valence electrons. The Labute approximate surface area is 154 Å². The predicted octanol–water partition coefficient (Wildman–Crippen LogP) is 1.72. The number of rotatable bonds is 4. The van der Waals surface area contributed by atoms with Crippen molar-refractivity contribution in [3.8, 4) is 6.01 Å². The summed E-state index contributed by atoms with van der Waals surface area (Å²) in [5.41, 5.74) is 0.443. The number of nitrogens with zero attached hydrogens (tertiary/aromatic N) is 6. The molecular formula is C15H16N6O5S. The van der Waals surface area contributed by atoms with Gasteiger partial charge in [-0.05, 0) is 25.1 Å². The topological polar surface area (TPSA) is 139 Å². The minimum Gasteiger partial charge on any atom is -0.492 e. The zero-order valence-corrected chi connectivity index (χ0v) is 15.7. The number of fused-ring (bicyclic) bond motifs is 1. The lowest BCUT2D eigenvalue weighted by molar-refractivity contribution is 0.101. The van der Waals surface area contributed by atoms with E-state index in [0.29, 0.717) is 0 Å². The highest BCUT2D eigenvalue weighted by atomic mass is 32.2. The fourth-order valence-electron chi connectivity index (χ4n) is 2.47. The Morgan fingerprint density at radius 3 is 2.52 bits per heavy atom. The first kappa shape index (κ1) is 18.5. The summed E-state index contributed by atoms with van der Waals surface area (Å²) < 4.78 is 32.1. The van der Waals surface area contributed by atoms with Gasteiger partial charge in [0, 0.05) is 19.7 Å². The van der Waals surface area contributed by atoms with Gasteiger partial charge in [0.15, 0.2) is 5.78 Å². The number of aliphatic hydroxyl groups excluding tert-OH is 1. The molecule has 0 radical (unpaired) electrons. The van der Waals surface area contributed by atoms with Crippen molar-refractivity contribution in [2.45, 2.75) is 11.8 Å². The van der Waals surface area contributed by atoms with Crippen molar-refractivity contribution in [1.29, 1.82) is 0 Å². The predicted molar refractivity (Wildman–Crippen MR) is 93.8 cm³/mol. The number of anilines is 1. The van der Waals surface area contributed by atoms with Gasteiger partial charge in [-0.15, -0.1) is 15.3 Å². The zero-order chi connectivity index (χ0) is 19.9. The number of Topliss-reactive ketones (excluding diaryl/α,β-unsaturated/α-hetero) is 1. The maximum atomic E-state index is 12.9. The van der Waals surface area contributed by atoms with Gasteiger partial charge in [-0.2, -0.15) is 0 Å². The second-order valence-electron chi connectivity index (χ2n) is 5.68. The van der Waals surface area contributed by atoms with Crippen LogP contribution < -0.4 is 9.64 Å². The van der Waals surface area contributed by atoms with Gasteiger partial charge in [-0.3, -0.25) is 9.36 Å². The minimum atomic E-state index is -4.22. The number of ketones is 1. The Morgan fingerprint density at radius 1 is 1.22 bits per heavy atom. The van der Waals surface area contributed by atoms with Crippen LogP contribution in [0, 0.1) is 0 Å². The molecule has 1 aliphatic rings. The molecule has 0 saturated heterocycles. The molecule has 1 N–H and O–H groups in total. The summed E-state index contributed by atoms with van der Waals surface area (Å²) in [6.45, 7) is 1.33. The van der Waals surface area contributed by atoms with Gasteiger partial charge in [0.1, 0.15) is 0 Å². The Morgan fingerprint density at radius 2 is 1.93 bits per heavy atom. The monoisotopic (exact) mass is 392 g/mol. The largest absolute Gasteiger partial charge is 0.492 e. The highest BCUT2D eigenvalue weighted by molar-refractivity contribution is 7.95. The van der Waals surface area contributed by atoms with Gasteiger partial charge in [0.05, 0.1) is 17.7 Å². The number of aromatic nitrogens is 3. The molecule has 0 aliphatic carbocycles. The van der Waals surface area contributed by atoms with Gasteiger partial charge in [0.25, 0.3) is 5.95 Å². The third-order valence-corrected chi connectivity index (χ3v) is 5.68. The highest BCUT2D eigenvalue weighted by Crippen LogP contribution is 2.38. The quantitative estimate of drug-likeness (QED) is 0.613. The second kappa shape index (κ2) is 6.46. The van der Waals surface area contributed by atoms with Crippen LogP contribution in [0.25, 0.3) is 0 Å². The number of ether oxygens (including phenoxy) is 1. The van der Waals surface area contributed by atoms with E-state index in [0.717, 1.165) is 0 Å². The van der Waals surface area contributed by atoms with Crippen LogP contribution in [0.3, 0.4) is 0 Å². The third-order valence-electron chi connectivity index (χ3n) is 4.01. The molecule has 0 amide bonds. The molecule has 12 heteroatoms. The summed E-state index contributed by atoms with van der Waals surface area (Å²) in [6.07, 6.45) is 0. The van der Waals surface area contributed by atoms with E-state index in [2.05, 4.69) is 20.4 Å². The molecule has 0 unspecified atom stereocenters. The first-order chi connectivity index (χ1) is 12.7. The van der Waals surface area contributed by atoms with Gasteiger partial charge >= 0.3 is 6.01 Å². The molecule has 0 spiro atoms. The SMILES string of the molecule is COc1nnc(N=NC2=C(O)N(C)c3ccc(C(C)=O)cc3S2(=O)=O)n1C. The smallest absolute Gasteiger partial charge is 0.317 e. The van der Waals surface area contributed by atoms with E-state index < -0.39 is 20.7 Å². The summed E-state index contributed by atoms with van der Waals surface area (Å²) in [4.78, 5) is 12.7. The molecule has 1 aromatic heterocycles. The molecule has 2 heterocycles. The number of aliphatic hydroxyl groups is 1. The third kappa shape index (κ3) is 2.93. The molecule has 11 nitrogen and oxygen atoms in total. The van der Waals surface area contributed by atoms with Crippen molar-refractivity contribution in [1.82, 2.24) is 14.8 Å². The van der Waals surface area contributed by atoms with Crippen molar-refractivity contribution in [2.24, 2.45) is 17.3 Å². The number of carbonyl (C=O) groups excluding carboxylic acids is 1. The number of carbonyl (C=O) groups is 1. The molecule has 1 aromatic carbocycles. The fraction of sp³-hybridized carbons (Fsp3) is 0.267. The normalized spacial score (nSPS) is 15.9. The molecule has 27 heavy (non-hydrogen) atoms. The van der Waals surface area contributed by atoms with Crippen molar-refractivity contribution >= 4 is 27.3 Å². The Hall–Kier alpha value is -3.28. The first-order valence-corrected chi connectivity index (χ1v) is 9.09. The van der Waals surface area contributed by atoms with Crippen molar-refractivity contribution in [3.05, 3.63) is 34.7 Å². The number of benzene rings is 1. The van der Waals surface area contributed by atoms with Crippen LogP contribution in [0.1, 0.15) is 17.3 Å². The van der Waals surface area contributed by atoms with Crippen molar-refractivity contribution < 1.29 is 23.1 Å². The number of sulfone groups is 1. The second-order valence-corrected chi connectivity index (χ2v) is 7.51. The standard InChI is InChI=1S/C15H16N6O5S/c1-8(22)9-5-6-10-11(7-9)27(24,25)12(13(23)20(10)2)16-17-14-18-19-15(26-4)21(14)3/h5-7,23H,1-4H3. The lowest BCUT2D eigenvalue weighted by Gasteiger charge is -2.26. The molecule has 3 rings (SSSR count). The molecular weight excluding hydrogens is 376 g/mol. The summed E-state index contributed by atoms with van der Waals surface area (Å²) in [6, 6.07) is 4.33. The van der Waals surface area contributed by atoms with Crippen LogP contribution >= 0.6 is 0 Å². The van der Waals surface area contributed by atoms with E-state index in [1.165, 1.54) is 48.7 Å². The Kier molecular flexibility index (Phi) is 4.43. The maximum Gasteiger partial charge on any atom is 0.317 e. The lowest BCUT2D eigenvalue weighted by atomic mass is 10.1. The van der Waals surface area contributed by atoms with E-state index in [1.807, 2.05) is 0 Å². The highest BCUT2D eigenvalue weighted by Gasteiger charge is 2.36. The molecule has 0 saturated carbocycles. The number of methoxy groups -OCH3 is 1. The number of hydrogen-bond donors (Lipinski definition) is 1. The maximum absolute atomic E-state index is 12.9. The molecule has 0 bridgehead atoms. The van der Waals surface area contributed by atoms with E-state index in [1.54, 1.807) is 7.05 Å². The summed E-state index contributed by atoms with van der Waals surface area (Å²) in [7, 11) is 0.198. The van der Waals surface area contributed by atoms with Gasteiger partial charge < -0.3 is 14.7 Å². The van der Waals surface area contributed by atoms with E-state index in [4.69, 9.17) is 4.74 Å². The molecule has 1 aliphatic heterocycles. The van der Waals surface area contributed by atoms with Crippen LogP contribution in [0.2, 0.25) is 0 Å². The summed E-state index contributed by atoms with van der Waals surface area (Å²) >= 11 is 0. The molecule has 2 aromatic rings. The van der Waals surface area contributed by atoms with Gasteiger partial charge in [0.2, 0.25) is 20.7 Å². The van der Waals surface area contributed by atoms with E-state index in [-0.39, 0.29) is 33.9 Å². The first-order valence-electron chi connectivity index (χ1n) is 7.60. The van der Waals surface area contributed by atoms with Crippen molar-refractivity contribution in [2.75, 3.05) is 19.1 Å². The summed E-state index contributed by atoms with van der Waals surface area (Å²) in [5.74, 6) is -0.909. The number of azo groups is 1. The Balaban J connectivity index is 2.12. The van der Waals surface area contributed by atoms with Crippen LogP contribution in [0.15, 0.2) is 44.2 Å². The summed E-state index contributed by atoms with van der Waals surface area (Å²) in [5, 5.41) is 24.5. The van der Waals surface area contributed by atoms with E-state index in [9.17, 15) is 18.3 Å². The average molecular weight is 392 g/mol. The van der Waals surface area contributed by atoms with Gasteiger partial charge in [-0.25, -0.2) is 8.42 Å². The number of hydrogen-bond acceptors (Lipinski definition) is 10. The average Bonchev–Trinajstić information content (AvgIpc) is 2.99. The minimum absolute atomic E-state index is 0.0201. The fourth-order valence-corrected chi connectivity index (χ4v) is 3.96. The van der Waals surface area contributed by atoms with Crippen LogP contribution in [0.4, 0.5) is 11.6 Å². The van der Waals surface area contributed by atoms with Gasteiger partial charge in [-0.1, -0.05) is 5.10 Å². The molecule has 0 atom stereocenters. The van der Waals surface area contributed by atoms with Crippen LogP contribution in [-0.2, 0) is 16.9 Å². The van der Waals surface area contributed by atoms with Crippen molar-refractivity contribution in [3.63, 3.8) is 0 Å². The van der Waals surface area contributed by atoms with Crippen LogP contribution in [0.5, 0.6) is 6.01 Å². The lowest BCUT2D eigenvalue weighted by Crippen LogP contribution is -2.27. The van der Waals surface area contributed by atoms with E-state index >= 15 is 0 Å². The Bertz CT molecular complexity index is 1100. The molecule has 0 fully saturated rings.